The highest BCUT2D eigenvalue weighted by molar-refractivity contribution is 8.00. The Kier molecular flexibility index (Phi) is 8.85. The highest BCUT2D eigenvalue weighted by atomic mass is 32.2. The van der Waals surface area contributed by atoms with Crippen LogP contribution in [0.25, 0.3) is 0 Å². The number of ether oxygens (including phenoxy) is 1. The lowest BCUT2D eigenvalue weighted by atomic mass is 10.1. The number of aliphatic hydroxyl groups is 1. The topological polar surface area (TPSA) is 155 Å². The van der Waals surface area contributed by atoms with Crippen molar-refractivity contribution in [2.45, 2.75) is 35.9 Å². The van der Waals surface area contributed by atoms with E-state index in [0.29, 0.717) is 5.75 Å². The van der Waals surface area contributed by atoms with Crippen LogP contribution in [0.3, 0.4) is 0 Å². The van der Waals surface area contributed by atoms with E-state index in [1.165, 1.54) is 31.3 Å². The molecule has 38 heavy (non-hydrogen) atoms. The summed E-state index contributed by atoms with van der Waals surface area (Å²) in [4.78, 5) is 28.4. The van der Waals surface area contributed by atoms with Gasteiger partial charge >= 0.3 is 19.4 Å². The Morgan fingerprint density at radius 2 is 1.82 bits per heavy atom. The molecule has 4 rings (SSSR count). The van der Waals surface area contributed by atoms with Gasteiger partial charge in [-0.3, -0.25) is 9.09 Å². The number of aromatic nitrogens is 2. The number of carbonyl (C=O) groups is 1. The molecule has 0 bridgehead atoms. The van der Waals surface area contributed by atoms with Crippen LogP contribution in [-0.4, -0.2) is 50.8 Å². The number of rotatable bonds is 10. The summed E-state index contributed by atoms with van der Waals surface area (Å²) >= 11 is 0.910. The fourth-order valence-corrected chi connectivity index (χ4v) is 6.58. The maximum absolute atomic E-state index is 15.0. The van der Waals surface area contributed by atoms with E-state index in [4.69, 9.17) is 19.5 Å². The first-order valence-electron chi connectivity index (χ1n) is 11.5. The number of nitrogens with one attached hydrogen (secondary N) is 1. The van der Waals surface area contributed by atoms with Gasteiger partial charge in [-0.05, 0) is 37.3 Å². The highest BCUT2D eigenvalue weighted by Gasteiger charge is 2.46. The average molecular weight is 565 g/mol. The third-order valence-corrected chi connectivity index (χ3v) is 8.64. The van der Waals surface area contributed by atoms with Gasteiger partial charge in [0.05, 0.1) is 11.9 Å². The third kappa shape index (κ3) is 6.80. The molecule has 2 heterocycles. The summed E-state index contributed by atoms with van der Waals surface area (Å²) in [5.74, 6) is -0.280. The van der Waals surface area contributed by atoms with Crippen molar-refractivity contribution >= 4 is 31.3 Å². The molecule has 2 unspecified atom stereocenters. The zero-order valence-corrected chi connectivity index (χ0v) is 21.8. The van der Waals surface area contributed by atoms with Gasteiger partial charge in [0.2, 0.25) is 0 Å². The number of para-hydroxylation sites is 2. The van der Waals surface area contributed by atoms with Crippen molar-refractivity contribution in [3.8, 4) is 11.5 Å². The Balaban J connectivity index is 1.47. The maximum Gasteiger partial charge on any atom is 0.459 e. The minimum absolute atomic E-state index is 0.0185. The van der Waals surface area contributed by atoms with Crippen molar-refractivity contribution in [3.05, 3.63) is 83.4 Å². The molecular formula is C24H26FN4O7PS. The van der Waals surface area contributed by atoms with E-state index in [1.54, 1.807) is 48.5 Å². The van der Waals surface area contributed by atoms with Crippen molar-refractivity contribution in [2.24, 2.45) is 0 Å². The Bertz CT molecular complexity index is 1350. The second-order valence-electron chi connectivity index (χ2n) is 8.32. The van der Waals surface area contributed by atoms with Gasteiger partial charge < -0.3 is 20.1 Å². The van der Waals surface area contributed by atoms with Crippen LogP contribution in [0.4, 0.5) is 10.2 Å². The van der Waals surface area contributed by atoms with Gasteiger partial charge in [0.15, 0.2) is 6.17 Å². The predicted molar refractivity (Wildman–Crippen MR) is 140 cm³/mol. The van der Waals surface area contributed by atoms with Crippen LogP contribution in [0.2, 0.25) is 0 Å². The Morgan fingerprint density at radius 3 is 2.45 bits per heavy atom. The summed E-state index contributed by atoms with van der Waals surface area (Å²) in [6.45, 7) is 0.987. The zero-order chi connectivity index (χ0) is 27.3. The number of benzene rings is 2. The summed E-state index contributed by atoms with van der Waals surface area (Å²) in [6, 6.07) is 16.6. The maximum atomic E-state index is 15.0. The monoisotopic (exact) mass is 564 g/mol. The number of alkyl halides is 1. The normalized spacial score (nSPS) is 23.3. The number of aliphatic hydroxyl groups excluding tert-OH is 1. The third-order valence-electron chi connectivity index (χ3n) is 5.46. The molecular weight excluding hydrogens is 538 g/mol. The van der Waals surface area contributed by atoms with E-state index in [1.807, 2.05) is 0 Å². The van der Waals surface area contributed by atoms with E-state index in [9.17, 15) is 23.7 Å². The molecule has 11 nitrogen and oxygen atoms in total. The fraction of sp³-hybridized carbons (Fsp3) is 0.292. The molecule has 14 heteroatoms. The van der Waals surface area contributed by atoms with Gasteiger partial charge in [-0.2, -0.15) is 10.1 Å². The van der Waals surface area contributed by atoms with E-state index in [0.717, 1.165) is 16.3 Å². The van der Waals surface area contributed by atoms with E-state index >= 15 is 0 Å². The largest absolute Gasteiger partial charge is 0.459 e. The standard InChI is InChI=1S/C24H26FN4O7PS/c1-15(23(31)35-16-8-4-2-5-9-16)28-37(33,36-17-10-6-3-7-11-17)34-14-18-21(30)20(25)22(38-18)29-13-12-19(26)27-24(29)32/h2-13,15,18,20-22,30H,14H2,1H3,(H,28,33)(H2,26,27,32)/t15?,18-,20+,21-,22-,37?/m1/s1. The molecule has 1 fully saturated rings. The Morgan fingerprint density at radius 1 is 1.18 bits per heavy atom. The molecule has 0 radical (unpaired) electrons. The van der Waals surface area contributed by atoms with Crippen LogP contribution in [0.5, 0.6) is 11.5 Å². The van der Waals surface area contributed by atoms with Crippen molar-refractivity contribution in [1.29, 1.82) is 0 Å². The van der Waals surface area contributed by atoms with Crippen LogP contribution in [0, 0.1) is 0 Å². The number of nitrogens with zero attached hydrogens (tertiary/aromatic N) is 2. The summed E-state index contributed by atoms with van der Waals surface area (Å²) in [7, 11) is -4.26. The summed E-state index contributed by atoms with van der Waals surface area (Å²) in [6.07, 6.45) is -2.12. The Labute approximate surface area is 221 Å². The SMILES string of the molecule is CC(NP(=O)(OC[C@H]1S[C@@H](n2ccc(N)nc2=O)[C@@H](F)[C@@H]1O)Oc1ccccc1)C(=O)Oc1ccccc1. The Hall–Kier alpha value is -3.22. The number of thioether (sulfide) groups is 1. The predicted octanol–water partition coefficient (Wildman–Crippen LogP) is 2.93. The lowest BCUT2D eigenvalue weighted by Gasteiger charge is -2.24. The number of hydrogen-bond donors (Lipinski definition) is 3. The minimum atomic E-state index is -4.26. The van der Waals surface area contributed by atoms with Gasteiger partial charge in [0, 0.05) is 6.20 Å². The van der Waals surface area contributed by atoms with Gasteiger partial charge in [-0.1, -0.05) is 36.4 Å². The minimum Gasteiger partial charge on any atom is -0.425 e. The lowest BCUT2D eigenvalue weighted by Crippen LogP contribution is -2.37. The van der Waals surface area contributed by atoms with Crippen molar-refractivity contribution in [3.63, 3.8) is 0 Å². The van der Waals surface area contributed by atoms with Crippen LogP contribution in [-0.2, 0) is 13.9 Å². The quantitative estimate of drug-likeness (QED) is 0.189. The van der Waals surface area contributed by atoms with Gasteiger partial charge in [0.25, 0.3) is 0 Å². The van der Waals surface area contributed by atoms with E-state index in [-0.39, 0.29) is 11.6 Å². The van der Waals surface area contributed by atoms with Gasteiger partial charge in [-0.25, -0.2) is 18.5 Å². The molecule has 0 spiro atoms. The number of esters is 1. The first kappa shape index (κ1) is 27.8. The first-order chi connectivity index (χ1) is 18.1. The molecule has 6 atom stereocenters. The van der Waals surface area contributed by atoms with Crippen LogP contribution in [0.1, 0.15) is 12.3 Å². The van der Waals surface area contributed by atoms with Gasteiger partial charge in [0.1, 0.15) is 34.8 Å². The van der Waals surface area contributed by atoms with Crippen molar-refractivity contribution in [1.82, 2.24) is 14.6 Å². The summed E-state index contributed by atoms with van der Waals surface area (Å²) in [5, 5.41) is 11.0. The molecule has 0 aliphatic carbocycles. The number of anilines is 1. The first-order valence-corrected chi connectivity index (χ1v) is 14.0. The fourth-order valence-electron chi connectivity index (χ4n) is 3.55. The molecule has 1 aliphatic rings. The molecule has 202 valence electrons. The average Bonchev–Trinajstić information content (AvgIpc) is 3.17. The molecule has 1 saturated heterocycles. The summed E-state index contributed by atoms with van der Waals surface area (Å²) < 4.78 is 46.2. The molecule has 0 amide bonds. The number of nitrogen functional groups attached to an aromatic ring is 1. The van der Waals surface area contributed by atoms with E-state index in [2.05, 4.69) is 10.1 Å². The van der Waals surface area contributed by atoms with Crippen molar-refractivity contribution < 1.29 is 32.6 Å². The molecule has 1 aliphatic heterocycles. The number of carbonyl (C=O) groups excluding carboxylic acids is 1. The van der Waals surface area contributed by atoms with Crippen LogP contribution in [0.15, 0.2) is 77.7 Å². The lowest BCUT2D eigenvalue weighted by molar-refractivity contribution is -0.135. The number of halogens is 1. The van der Waals surface area contributed by atoms with E-state index < -0.39 is 55.0 Å². The second kappa shape index (κ2) is 12.1. The summed E-state index contributed by atoms with van der Waals surface area (Å²) in [5.41, 5.74) is 4.73. The molecule has 1 aromatic heterocycles. The van der Waals surface area contributed by atoms with Gasteiger partial charge in [-0.15, -0.1) is 11.8 Å². The van der Waals surface area contributed by atoms with Crippen molar-refractivity contribution in [2.75, 3.05) is 12.3 Å². The van der Waals surface area contributed by atoms with Crippen LogP contribution >= 0.6 is 19.5 Å². The number of hydrogen-bond acceptors (Lipinski definition) is 10. The van der Waals surface area contributed by atoms with Crippen LogP contribution < -0.4 is 25.8 Å². The zero-order valence-electron chi connectivity index (χ0n) is 20.1. The smallest absolute Gasteiger partial charge is 0.425 e. The molecule has 4 N–H and O–H groups in total. The molecule has 3 aromatic rings. The molecule has 2 aromatic carbocycles. The molecule has 0 saturated carbocycles. The number of nitrogens with two attached hydrogens (primary N) is 1. The highest BCUT2D eigenvalue weighted by Crippen LogP contribution is 2.48. The second-order valence-corrected chi connectivity index (χ2v) is 11.4.